The van der Waals surface area contributed by atoms with E-state index in [2.05, 4.69) is 46.0 Å². The van der Waals surface area contributed by atoms with E-state index in [9.17, 15) is 0 Å². The summed E-state index contributed by atoms with van der Waals surface area (Å²) in [4.78, 5) is 0. The fourth-order valence-corrected chi connectivity index (χ4v) is 2.42. The summed E-state index contributed by atoms with van der Waals surface area (Å²) in [5, 5.41) is 12.4. The van der Waals surface area contributed by atoms with Crippen LogP contribution >= 0.6 is 0 Å². The quantitative estimate of drug-likeness (QED) is 0.823. The lowest BCUT2D eigenvalue weighted by Crippen LogP contribution is -2.36. The molecule has 98 valence electrons. The van der Waals surface area contributed by atoms with Crippen LogP contribution in [0.1, 0.15) is 53.0 Å². The number of nitriles is 1. The molecule has 18 heavy (non-hydrogen) atoms. The van der Waals surface area contributed by atoms with Gasteiger partial charge >= 0.3 is 0 Å². The van der Waals surface area contributed by atoms with E-state index in [4.69, 9.17) is 5.26 Å². The number of nitrogens with zero attached hydrogens (tertiary/aromatic N) is 1. The Morgan fingerprint density at radius 3 is 2.44 bits per heavy atom. The van der Waals surface area contributed by atoms with Gasteiger partial charge in [0.2, 0.25) is 0 Å². The average Bonchev–Trinajstić information content (AvgIpc) is 2.27. The van der Waals surface area contributed by atoms with Gasteiger partial charge in [-0.25, -0.2) is 0 Å². The highest BCUT2D eigenvalue weighted by Gasteiger charge is 2.27. The fourth-order valence-electron chi connectivity index (χ4n) is 2.42. The van der Waals surface area contributed by atoms with Crippen LogP contribution in [-0.4, -0.2) is 5.54 Å². The first-order valence-corrected chi connectivity index (χ1v) is 6.56. The van der Waals surface area contributed by atoms with Gasteiger partial charge in [0.05, 0.1) is 11.6 Å². The summed E-state index contributed by atoms with van der Waals surface area (Å²) in [6.45, 7) is 11.2. The van der Waals surface area contributed by atoms with Gasteiger partial charge in [-0.2, -0.15) is 5.26 Å². The normalized spacial score (nSPS) is 12.0. The maximum Gasteiger partial charge on any atom is 0.0992 e. The van der Waals surface area contributed by atoms with Gasteiger partial charge in [0, 0.05) is 11.2 Å². The largest absolute Gasteiger partial charge is 0.380 e. The number of anilines is 1. The van der Waals surface area contributed by atoms with Crippen LogP contribution in [0.3, 0.4) is 0 Å². The average molecular weight is 244 g/mol. The SMILES string of the molecule is CCC(C)(C)CC(C)(C)Nc1cccc(C#N)c1. The lowest BCUT2D eigenvalue weighted by molar-refractivity contribution is 0.263. The molecule has 0 unspecified atom stereocenters. The van der Waals surface area contributed by atoms with E-state index >= 15 is 0 Å². The van der Waals surface area contributed by atoms with Crippen molar-refractivity contribution in [1.29, 1.82) is 5.26 Å². The van der Waals surface area contributed by atoms with Crippen molar-refractivity contribution in [3.8, 4) is 6.07 Å². The maximum absolute atomic E-state index is 8.91. The third-order valence-electron chi connectivity index (χ3n) is 3.35. The summed E-state index contributed by atoms with van der Waals surface area (Å²) < 4.78 is 0. The van der Waals surface area contributed by atoms with Crippen LogP contribution in [0.5, 0.6) is 0 Å². The summed E-state index contributed by atoms with van der Waals surface area (Å²) in [5.74, 6) is 0. The molecule has 0 atom stereocenters. The molecule has 0 aliphatic heterocycles. The van der Waals surface area contributed by atoms with Crippen molar-refractivity contribution in [1.82, 2.24) is 0 Å². The highest BCUT2D eigenvalue weighted by atomic mass is 15.0. The molecule has 0 spiro atoms. The summed E-state index contributed by atoms with van der Waals surface area (Å²) in [7, 11) is 0. The van der Waals surface area contributed by atoms with Crippen LogP contribution < -0.4 is 5.32 Å². The van der Waals surface area contributed by atoms with Crippen molar-refractivity contribution >= 4 is 5.69 Å². The summed E-state index contributed by atoms with van der Waals surface area (Å²) in [5.41, 5.74) is 2.06. The molecule has 0 amide bonds. The second-order valence-corrected chi connectivity index (χ2v) is 6.40. The minimum absolute atomic E-state index is 0.0214. The van der Waals surface area contributed by atoms with E-state index in [0.29, 0.717) is 11.0 Å². The second kappa shape index (κ2) is 5.44. The third kappa shape index (κ3) is 4.41. The minimum atomic E-state index is 0.0214. The van der Waals surface area contributed by atoms with Crippen LogP contribution in [0.2, 0.25) is 0 Å². The van der Waals surface area contributed by atoms with Crippen LogP contribution in [0.25, 0.3) is 0 Å². The van der Waals surface area contributed by atoms with Crippen LogP contribution in [0.15, 0.2) is 24.3 Å². The lowest BCUT2D eigenvalue weighted by atomic mass is 9.78. The topological polar surface area (TPSA) is 35.8 Å². The Morgan fingerprint density at radius 1 is 1.22 bits per heavy atom. The van der Waals surface area contributed by atoms with Gasteiger partial charge < -0.3 is 5.32 Å². The summed E-state index contributed by atoms with van der Waals surface area (Å²) >= 11 is 0. The molecule has 0 aromatic heterocycles. The standard InChI is InChI=1S/C16H24N2/c1-6-15(2,3)12-16(4,5)18-14-9-7-8-13(10-14)11-17/h7-10,18H,6,12H2,1-5H3. The van der Waals surface area contributed by atoms with E-state index in [0.717, 1.165) is 18.5 Å². The van der Waals surface area contributed by atoms with Gasteiger partial charge in [0.15, 0.2) is 0 Å². The zero-order valence-electron chi connectivity index (χ0n) is 12.2. The molecule has 0 fully saturated rings. The van der Waals surface area contributed by atoms with Crippen molar-refractivity contribution < 1.29 is 0 Å². The van der Waals surface area contributed by atoms with Crippen molar-refractivity contribution in [2.24, 2.45) is 5.41 Å². The van der Waals surface area contributed by atoms with Gasteiger partial charge in [-0.15, -0.1) is 0 Å². The smallest absolute Gasteiger partial charge is 0.0992 e. The van der Waals surface area contributed by atoms with Gasteiger partial charge in [0.25, 0.3) is 0 Å². The number of rotatable bonds is 5. The first-order valence-electron chi connectivity index (χ1n) is 6.56. The van der Waals surface area contributed by atoms with E-state index in [1.54, 1.807) is 0 Å². The van der Waals surface area contributed by atoms with E-state index in [-0.39, 0.29) is 5.54 Å². The van der Waals surface area contributed by atoms with E-state index in [1.807, 2.05) is 24.3 Å². The summed E-state index contributed by atoms with van der Waals surface area (Å²) in [6, 6.07) is 9.84. The van der Waals surface area contributed by atoms with Crippen molar-refractivity contribution in [3.05, 3.63) is 29.8 Å². The molecule has 1 aromatic carbocycles. The molecule has 1 aromatic rings. The Bertz CT molecular complexity index is 439. The molecule has 2 nitrogen and oxygen atoms in total. The molecule has 2 heteroatoms. The monoisotopic (exact) mass is 244 g/mol. The molecule has 0 saturated carbocycles. The molecule has 0 radical (unpaired) electrons. The molecule has 1 N–H and O–H groups in total. The van der Waals surface area contributed by atoms with E-state index < -0.39 is 0 Å². The number of hydrogen-bond donors (Lipinski definition) is 1. The van der Waals surface area contributed by atoms with Crippen molar-refractivity contribution in [2.45, 2.75) is 53.0 Å². The fraction of sp³-hybridized carbons (Fsp3) is 0.562. The van der Waals surface area contributed by atoms with Gasteiger partial charge in [0.1, 0.15) is 0 Å². The molecule has 1 rings (SSSR count). The van der Waals surface area contributed by atoms with E-state index in [1.165, 1.54) is 0 Å². The Balaban J connectivity index is 2.79. The zero-order valence-corrected chi connectivity index (χ0v) is 12.2. The Labute approximate surface area is 111 Å². The molecule has 0 aliphatic carbocycles. The number of nitrogens with one attached hydrogen (secondary N) is 1. The molecular formula is C16H24N2. The minimum Gasteiger partial charge on any atom is -0.380 e. The Morgan fingerprint density at radius 2 is 1.89 bits per heavy atom. The molecule has 0 saturated heterocycles. The molecule has 0 aliphatic rings. The van der Waals surface area contributed by atoms with Gasteiger partial charge in [-0.3, -0.25) is 0 Å². The number of hydrogen-bond acceptors (Lipinski definition) is 2. The van der Waals surface area contributed by atoms with Gasteiger partial charge in [-0.1, -0.05) is 33.3 Å². The first-order chi connectivity index (χ1) is 8.28. The zero-order chi connectivity index (χ0) is 13.8. The predicted molar refractivity (Wildman–Crippen MR) is 77.5 cm³/mol. The van der Waals surface area contributed by atoms with Crippen molar-refractivity contribution in [3.63, 3.8) is 0 Å². The number of benzene rings is 1. The lowest BCUT2D eigenvalue weighted by Gasteiger charge is -2.36. The van der Waals surface area contributed by atoms with Crippen LogP contribution in [-0.2, 0) is 0 Å². The molecule has 0 bridgehead atoms. The van der Waals surface area contributed by atoms with Gasteiger partial charge in [-0.05, 0) is 43.9 Å². The molecule has 0 heterocycles. The van der Waals surface area contributed by atoms with Crippen molar-refractivity contribution in [2.75, 3.05) is 5.32 Å². The van der Waals surface area contributed by atoms with Crippen LogP contribution in [0.4, 0.5) is 5.69 Å². The first kappa shape index (κ1) is 14.6. The Kier molecular flexibility index (Phi) is 4.40. The third-order valence-corrected chi connectivity index (χ3v) is 3.35. The highest BCUT2D eigenvalue weighted by molar-refractivity contribution is 5.50. The van der Waals surface area contributed by atoms with Crippen LogP contribution in [0, 0.1) is 16.7 Å². The second-order valence-electron chi connectivity index (χ2n) is 6.40. The summed E-state index contributed by atoms with van der Waals surface area (Å²) in [6.07, 6.45) is 2.25. The maximum atomic E-state index is 8.91. The molecular weight excluding hydrogens is 220 g/mol. The Hall–Kier alpha value is -1.49. The predicted octanol–water partition coefficient (Wildman–Crippen LogP) is 4.58. The highest BCUT2D eigenvalue weighted by Crippen LogP contribution is 2.32.